The number of hydrogen-bond acceptors (Lipinski definition) is 7. The van der Waals surface area contributed by atoms with Crippen LogP contribution in [-0.2, 0) is 32.6 Å². The van der Waals surface area contributed by atoms with E-state index >= 15 is 0 Å². The van der Waals surface area contributed by atoms with Gasteiger partial charge in [0.2, 0.25) is 10.0 Å². The number of hydrogen-bond donors (Lipinski definition) is 3. The van der Waals surface area contributed by atoms with Gasteiger partial charge in [-0.05, 0) is 71.5 Å². The van der Waals surface area contributed by atoms with E-state index in [1.165, 1.54) is 0 Å². The molecule has 9 heteroatoms. The average Bonchev–Trinajstić information content (AvgIpc) is 3.56. The second-order valence-corrected chi connectivity index (χ2v) is 14.0. The molecule has 3 N–H and O–H groups in total. The minimum atomic E-state index is -3.63. The molecule has 0 aromatic heterocycles. The molecule has 46 heavy (non-hydrogen) atoms. The topological polar surface area (TPSA) is 108 Å². The van der Waals surface area contributed by atoms with E-state index in [-0.39, 0.29) is 48.8 Å². The van der Waals surface area contributed by atoms with Crippen LogP contribution in [0.2, 0.25) is 0 Å². The lowest BCUT2D eigenvalue weighted by atomic mass is 9.89. The number of likely N-dealkylation sites (tertiary alicyclic amines) is 1. The quantitative estimate of drug-likeness (QED) is 0.196. The van der Waals surface area contributed by atoms with E-state index in [9.17, 15) is 18.6 Å². The number of benzene rings is 4. The highest BCUT2D eigenvalue weighted by Gasteiger charge is 2.40. The van der Waals surface area contributed by atoms with Crippen LogP contribution in [-0.4, -0.2) is 55.4 Å². The Hall–Kier alpha value is -3.41. The lowest BCUT2D eigenvalue weighted by Crippen LogP contribution is -2.46. The van der Waals surface area contributed by atoms with Crippen LogP contribution in [0, 0.1) is 5.92 Å². The van der Waals surface area contributed by atoms with Gasteiger partial charge in [-0.1, -0.05) is 85.8 Å². The summed E-state index contributed by atoms with van der Waals surface area (Å²) in [5, 5.41) is 19.5. The number of aliphatic hydroxyl groups excluding tert-OH is 2. The normalized spacial score (nSPS) is 23.8. The van der Waals surface area contributed by atoms with Crippen molar-refractivity contribution >= 4 is 10.0 Å². The molecule has 0 aliphatic carbocycles. The molecule has 0 amide bonds. The summed E-state index contributed by atoms with van der Waals surface area (Å²) in [6.45, 7) is 4.09. The van der Waals surface area contributed by atoms with Gasteiger partial charge in [0.05, 0.1) is 30.3 Å². The maximum Gasteiger partial charge on any atom is 0.240 e. The Labute approximate surface area is 271 Å². The minimum Gasteiger partial charge on any atom is -0.395 e. The van der Waals surface area contributed by atoms with Gasteiger partial charge in [0.15, 0.2) is 6.29 Å². The molecule has 2 saturated heterocycles. The average molecular weight is 643 g/mol. The Morgan fingerprint density at radius 3 is 2.30 bits per heavy atom. The summed E-state index contributed by atoms with van der Waals surface area (Å²) in [4.78, 5) is 2.57. The molecule has 0 spiro atoms. The third kappa shape index (κ3) is 7.42. The zero-order valence-corrected chi connectivity index (χ0v) is 26.9. The monoisotopic (exact) mass is 642 g/mol. The van der Waals surface area contributed by atoms with E-state index in [4.69, 9.17) is 9.47 Å². The van der Waals surface area contributed by atoms with Crippen molar-refractivity contribution in [3.63, 3.8) is 0 Å². The van der Waals surface area contributed by atoms with Gasteiger partial charge < -0.3 is 19.7 Å². The summed E-state index contributed by atoms with van der Waals surface area (Å²) in [6.07, 6.45) is 1.08. The van der Waals surface area contributed by atoms with Crippen LogP contribution in [0.4, 0.5) is 0 Å². The molecular weight excluding hydrogens is 600 g/mol. The van der Waals surface area contributed by atoms with Crippen molar-refractivity contribution in [1.82, 2.24) is 9.62 Å². The Morgan fingerprint density at radius 2 is 1.57 bits per heavy atom. The molecular formula is C37H42N2O6S. The summed E-state index contributed by atoms with van der Waals surface area (Å²) in [5.74, 6) is 0.0516. The third-order valence-corrected chi connectivity index (χ3v) is 10.6. The van der Waals surface area contributed by atoms with Crippen molar-refractivity contribution in [3.05, 3.63) is 125 Å². The second-order valence-electron chi connectivity index (χ2n) is 12.3. The van der Waals surface area contributed by atoms with Crippen molar-refractivity contribution in [3.8, 4) is 11.1 Å². The van der Waals surface area contributed by atoms with Gasteiger partial charge in [-0.25, -0.2) is 13.1 Å². The Kier molecular flexibility index (Phi) is 10.3. The molecule has 0 saturated carbocycles. The molecule has 2 fully saturated rings. The number of rotatable bonds is 11. The van der Waals surface area contributed by atoms with Crippen LogP contribution in [0.1, 0.15) is 54.4 Å². The molecule has 4 aromatic carbocycles. The second kappa shape index (κ2) is 14.6. The summed E-state index contributed by atoms with van der Waals surface area (Å²) >= 11 is 0. The fourth-order valence-corrected chi connectivity index (χ4v) is 7.53. The molecule has 6 rings (SSSR count). The number of nitrogens with zero attached hydrogens (tertiary/aromatic N) is 1. The molecule has 2 aliphatic heterocycles. The fourth-order valence-electron chi connectivity index (χ4n) is 6.49. The van der Waals surface area contributed by atoms with E-state index in [1.807, 2.05) is 66.7 Å². The van der Waals surface area contributed by atoms with Gasteiger partial charge in [0.25, 0.3) is 0 Å². The smallest absolute Gasteiger partial charge is 0.240 e. The van der Waals surface area contributed by atoms with E-state index in [0.29, 0.717) is 6.54 Å². The standard InChI is InChI=1S/C37H42N2O6S/c1-26-35(23-39-19-7-12-33(39)25-41)44-37(45-36(26)29-17-15-27(24-40)16-18-29)32-11-6-10-31(21-32)30-9-5-8-28(20-30)22-38-46(42,43)34-13-3-2-4-14-34/h2-6,8-11,13-18,20-21,26,33,35-38,40-41H,7,12,19,22-25H2,1H3/t26-,33+,35+,36+,37+/m1/s1. The third-order valence-electron chi connectivity index (χ3n) is 9.19. The highest BCUT2D eigenvalue weighted by Crippen LogP contribution is 2.43. The fraction of sp³-hybridized carbons (Fsp3) is 0.351. The van der Waals surface area contributed by atoms with E-state index in [1.54, 1.807) is 30.3 Å². The summed E-state index contributed by atoms with van der Waals surface area (Å²) in [6, 6.07) is 32.4. The lowest BCUT2D eigenvalue weighted by Gasteiger charge is -2.43. The van der Waals surface area contributed by atoms with Crippen LogP contribution < -0.4 is 4.72 Å². The number of aliphatic hydroxyl groups is 2. The Bertz CT molecular complexity index is 1700. The van der Waals surface area contributed by atoms with Crippen molar-refractivity contribution < 1.29 is 28.1 Å². The summed E-state index contributed by atoms with van der Waals surface area (Å²) in [7, 11) is -3.63. The predicted octanol–water partition coefficient (Wildman–Crippen LogP) is 5.57. The summed E-state index contributed by atoms with van der Waals surface area (Å²) < 4.78 is 41.6. The van der Waals surface area contributed by atoms with Gasteiger partial charge in [0.1, 0.15) is 0 Å². The van der Waals surface area contributed by atoms with Crippen molar-refractivity contribution in [2.45, 2.75) is 62.4 Å². The molecule has 0 radical (unpaired) electrons. The van der Waals surface area contributed by atoms with Crippen LogP contribution in [0.5, 0.6) is 0 Å². The van der Waals surface area contributed by atoms with Gasteiger partial charge in [-0.2, -0.15) is 0 Å². The van der Waals surface area contributed by atoms with Gasteiger partial charge >= 0.3 is 0 Å². The van der Waals surface area contributed by atoms with Crippen molar-refractivity contribution in [2.24, 2.45) is 5.92 Å². The van der Waals surface area contributed by atoms with E-state index in [2.05, 4.69) is 22.6 Å². The number of sulfonamides is 1. The van der Waals surface area contributed by atoms with Gasteiger partial charge in [-0.15, -0.1) is 0 Å². The largest absolute Gasteiger partial charge is 0.395 e. The molecule has 8 nitrogen and oxygen atoms in total. The Balaban J connectivity index is 1.24. The predicted molar refractivity (Wildman–Crippen MR) is 177 cm³/mol. The Morgan fingerprint density at radius 1 is 0.826 bits per heavy atom. The number of ether oxygens (including phenoxy) is 2. The highest BCUT2D eigenvalue weighted by atomic mass is 32.2. The molecule has 0 bridgehead atoms. The molecule has 2 heterocycles. The SMILES string of the molecule is C[C@@H]1[C@H](CN2CCC[C@H]2CO)O[C@H](c2cccc(-c3cccc(CNS(=O)(=O)c4ccccc4)c3)c2)O[C@@H]1c1ccc(CO)cc1. The first-order valence-electron chi connectivity index (χ1n) is 15.9. The maximum atomic E-state index is 12.8. The van der Waals surface area contributed by atoms with Crippen LogP contribution in [0.3, 0.4) is 0 Å². The first-order chi connectivity index (χ1) is 22.3. The minimum absolute atomic E-state index is 0.0138. The first-order valence-corrected chi connectivity index (χ1v) is 17.4. The molecule has 0 unspecified atom stereocenters. The molecule has 2 aliphatic rings. The molecule has 242 valence electrons. The van der Waals surface area contributed by atoms with Crippen molar-refractivity contribution in [1.29, 1.82) is 0 Å². The van der Waals surface area contributed by atoms with Crippen molar-refractivity contribution in [2.75, 3.05) is 19.7 Å². The highest BCUT2D eigenvalue weighted by molar-refractivity contribution is 7.89. The van der Waals surface area contributed by atoms with Gasteiger partial charge in [0, 0.05) is 30.6 Å². The van der Waals surface area contributed by atoms with Crippen LogP contribution in [0.15, 0.2) is 108 Å². The van der Waals surface area contributed by atoms with E-state index in [0.717, 1.165) is 52.8 Å². The lowest BCUT2D eigenvalue weighted by molar-refractivity contribution is -0.276. The summed E-state index contributed by atoms with van der Waals surface area (Å²) in [5.41, 5.74) is 5.54. The maximum absolute atomic E-state index is 12.8. The van der Waals surface area contributed by atoms with Crippen LogP contribution in [0.25, 0.3) is 11.1 Å². The molecule has 4 aromatic rings. The van der Waals surface area contributed by atoms with Gasteiger partial charge in [-0.3, -0.25) is 4.90 Å². The first kappa shape index (κ1) is 32.5. The zero-order chi connectivity index (χ0) is 32.1. The van der Waals surface area contributed by atoms with E-state index < -0.39 is 16.3 Å². The molecule has 5 atom stereocenters. The van der Waals surface area contributed by atoms with Crippen LogP contribution >= 0.6 is 0 Å². The number of nitrogens with one attached hydrogen (secondary N) is 1. The zero-order valence-electron chi connectivity index (χ0n) is 26.0.